The maximum atomic E-state index is 13.7. The third-order valence-corrected chi connectivity index (χ3v) is 4.58. The van der Waals surface area contributed by atoms with E-state index in [0.717, 1.165) is 24.7 Å². The molecule has 3 atom stereocenters. The summed E-state index contributed by atoms with van der Waals surface area (Å²) in [6.07, 6.45) is 6.28. The lowest BCUT2D eigenvalue weighted by molar-refractivity contribution is 0.0519. The smallest absolute Gasteiger partial charge is 0.341 e. The Bertz CT molecular complexity index is 517. The van der Waals surface area contributed by atoms with Gasteiger partial charge in [0, 0.05) is 0 Å². The van der Waals surface area contributed by atoms with Crippen molar-refractivity contribution in [2.24, 2.45) is 11.8 Å². The quantitative estimate of drug-likeness (QED) is 0.788. The topological polar surface area (TPSA) is 35.5 Å². The van der Waals surface area contributed by atoms with Gasteiger partial charge >= 0.3 is 5.97 Å². The van der Waals surface area contributed by atoms with Crippen LogP contribution in [0.15, 0.2) is 18.2 Å². The molecule has 1 aromatic rings. The molecule has 2 bridgehead atoms. The third-order valence-electron chi connectivity index (χ3n) is 4.58. The highest BCUT2D eigenvalue weighted by atomic mass is 19.1. The second-order valence-corrected chi connectivity index (χ2v) is 6.12. The van der Waals surface area contributed by atoms with Gasteiger partial charge in [-0.15, -0.1) is 0 Å². The number of hydrogen-bond acceptors (Lipinski definition) is 3. The van der Waals surface area contributed by atoms with E-state index in [2.05, 4.69) is 0 Å². The molecule has 21 heavy (non-hydrogen) atoms. The van der Waals surface area contributed by atoms with Crippen LogP contribution in [0, 0.1) is 17.7 Å². The average molecular weight is 292 g/mol. The fourth-order valence-electron chi connectivity index (χ4n) is 3.68. The van der Waals surface area contributed by atoms with Gasteiger partial charge in [-0.25, -0.2) is 9.18 Å². The van der Waals surface area contributed by atoms with E-state index in [1.54, 1.807) is 13.0 Å². The molecule has 3 nitrogen and oxygen atoms in total. The van der Waals surface area contributed by atoms with Gasteiger partial charge < -0.3 is 9.47 Å². The van der Waals surface area contributed by atoms with Gasteiger partial charge in [-0.2, -0.15) is 0 Å². The fourth-order valence-corrected chi connectivity index (χ4v) is 3.68. The summed E-state index contributed by atoms with van der Waals surface area (Å²) in [5.41, 5.74) is -0.0480. The largest absolute Gasteiger partial charge is 0.490 e. The summed E-state index contributed by atoms with van der Waals surface area (Å²) in [6, 6.07) is 4.33. The molecule has 2 saturated carbocycles. The number of hydrogen-bond donors (Lipinski definition) is 0. The summed E-state index contributed by atoms with van der Waals surface area (Å²) in [5, 5.41) is 0. The van der Waals surface area contributed by atoms with Crippen LogP contribution in [0.1, 0.15) is 49.4 Å². The minimum absolute atomic E-state index is 0.0480. The van der Waals surface area contributed by atoms with Crippen LogP contribution in [0.25, 0.3) is 0 Å². The van der Waals surface area contributed by atoms with Crippen molar-refractivity contribution in [1.82, 2.24) is 0 Å². The molecular weight excluding hydrogens is 271 g/mol. The molecule has 1 aromatic carbocycles. The normalized spacial score (nSPS) is 27.4. The molecule has 2 aliphatic rings. The summed E-state index contributed by atoms with van der Waals surface area (Å²) in [6.45, 7) is 1.93. The molecule has 1 unspecified atom stereocenters. The highest BCUT2D eigenvalue weighted by molar-refractivity contribution is 5.90. The molecule has 0 saturated heterocycles. The van der Waals surface area contributed by atoms with Gasteiger partial charge in [0.05, 0.1) is 18.3 Å². The molecule has 4 heteroatoms. The second-order valence-electron chi connectivity index (χ2n) is 6.12. The van der Waals surface area contributed by atoms with Crippen LogP contribution in [0.4, 0.5) is 4.39 Å². The van der Waals surface area contributed by atoms with Crippen molar-refractivity contribution >= 4 is 5.97 Å². The summed E-state index contributed by atoms with van der Waals surface area (Å²) in [5.74, 6) is 0.914. The van der Waals surface area contributed by atoms with Crippen molar-refractivity contribution in [2.75, 3.05) is 6.61 Å². The van der Waals surface area contributed by atoms with Crippen molar-refractivity contribution in [2.45, 2.75) is 45.1 Å². The fraction of sp³-hybridized carbons (Fsp3) is 0.588. The second kappa shape index (κ2) is 6.04. The SMILES string of the molecule is CCOC(=O)c1cc(OC2C[C@H]3CC[C@@H](C2)C3)ccc1F. The molecule has 114 valence electrons. The Morgan fingerprint density at radius 2 is 1.95 bits per heavy atom. The van der Waals surface area contributed by atoms with Crippen molar-refractivity contribution < 1.29 is 18.7 Å². The molecule has 0 heterocycles. The van der Waals surface area contributed by atoms with E-state index >= 15 is 0 Å². The number of fused-ring (bicyclic) bond motifs is 2. The van der Waals surface area contributed by atoms with Crippen molar-refractivity contribution in [1.29, 1.82) is 0 Å². The van der Waals surface area contributed by atoms with E-state index in [-0.39, 0.29) is 18.3 Å². The van der Waals surface area contributed by atoms with E-state index in [0.29, 0.717) is 5.75 Å². The Morgan fingerprint density at radius 1 is 1.24 bits per heavy atom. The number of carbonyl (C=O) groups excluding carboxylic acids is 1. The zero-order chi connectivity index (χ0) is 14.8. The molecule has 0 spiro atoms. The van der Waals surface area contributed by atoms with Crippen molar-refractivity contribution in [3.8, 4) is 5.75 Å². The molecule has 0 amide bonds. The van der Waals surface area contributed by atoms with Crippen LogP contribution < -0.4 is 4.74 Å². The number of ether oxygens (including phenoxy) is 2. The molecule has 2 aliphatic carbocycles. The molecule has 0 aromatic heterocycles. The Morgan fingerprint density at radius 3 is 2.62 bits per heavy atom. The Kier molecular flexibility index (Phi) is 4.13. The van der Waals surface area contributed by atoms with Gasteiger partial charge in [-0.3, -0.25) is 0 Å². The van der Waals surface area contributed by atoms with Crippen molar-refractivity contribution in [3.63, 3.8) is 0 Å². The standard InChI is InChI=1S/C17H21FO3/c1-2-20-17(19)15-10-13(5-6-16(15)18)21-14-8-11-3-4-12(7-11)9-14/h5-6,10-12,14H,2-4,7-9H2,1H3/t11-,12+,14?. The van der Waals surface area contributed by atoms with E-state index in [4.69, 9.17) is 9.47 Å². The van der Waals surface area contributed by atoms with Gasteiger partial charge in [0.2, 0.25) is 0 Å². The predicted molar refractivity (Wildman–Crippen MR) is 76.8 cm³/mol. The zero-order valence-corrected chi connectivity index (χ0v) is 12.3. The minimum atomic E-state index is -0.635. The summed E-state index contributed by atoms with van der Waals surface area (Å²) >= 11 is 0. The Balaban J connectivity index is 1.71. The first-order valence-corrected chi connectivity index (χ1v) is 7.79. The number of carbonyl (C=O) groups is 1. The summed E-state index contributed by atoms with van der Waals surface area (Å²) in [4.78, 5) is 11.7. The Labute approximate surface area is 124 Å². The minimum Gasteiger partial charge on any atom is -0.490 e. The van der Waals surface area contributed by atoms with Gasteiger partial charge in [-0.05, 0) is 56.2 Å². The summed E-state index contributed by atoms with van der Waals surface area (Å²) in [7, 11) is 0. The van der Waals surface area contributed by atoms with Gasteiger partial charge in [-0.1, -0.05) is 12.8 Å². The van der Waals surface area contributed by atoms with Gasteiger partial charge in [0.1, 0.15) is 11.6 Å². The first-order chi connectivity index (χ1) is 10.2. The molecular formula is C17H21FO3. The van der Waals surface area contributed by atoms with Crippen LogP contribution in [0.2, 0.25) is 0 Å². The van der Waals surface area contributed by atoms with Crippen LogP contribution in [-0.2, 0) is 4.74 Å². The van der Waals surface area contributed by atoms with Gasteiger partial charge in [0.15, 0.2) is 0 Å². The summed E-state index contributed by atoms with van der Waals surface area (Å²) < 4.78 is 24.5. The number of halogens is 1. The molecule has 0 aliphatic heterocycles. The first-order valence-electron chi connectivity index (χ1n) is 7.79. The van der Waals surface area contributed by atoms with E-state index < -0.39 is 11.8 Å². The van der Waals surface area contributed by atoms with Crippen LogP contribution in [0.5, 0.6) is 5.75 Å². The third kappa shape index (κ3) is 3.20. The molecule has 0 N–H and O–H groups in total. The molecule has 3 rings (SSSR count). The molecule has 0 radical (unpaired) electrons. The number of benzene rings is 1. The first kappa shape index (κ1) is 14.4. The molecule has 2 fully saturated rings. The average Bonchev–Trinajstić information content (AvgIpc) is 2.80. The highest BCUT2D eigenvalue weighted by Crippen LogP contribution is 2.43. The number of rotatable bonds is 4. The Hall–Kier alpha value is -1.58. The van der Waals surface area contributed by atoms with Crippen LogP contribution >= 0.6 is 0 Å². The van der Waals surface area contributed by atoms with E-state index in [1.807, 2.05) is 0 Å². The lowest BCUT2D eigenvalue weighted by Crippen LogP contribution is -2.26. The maximum absolute atomic E-state index is 13.7. The highest BCUT2D eigenvalue weighted by Gasteiger charge is 2.35. The lowest BCUT2D eigenvalue weighted by atomic mass is 9.87. The van der Waals surface area contributed by atoms with Crippen LogP contribution in [0.3, 0.4) is 0 Å². The van der Waals surface area contributed by atoms with Crippen LogP contribution in [-0.4, -0.2) is 18.7 Å². The van der Waals surface area contributed by atoms with Crippen molar-refractivity contribution in [3.05, 3.63) is 29.6 Å². The predicted octanol–water partition coefficient (Wildman–Crippen LogP) is 3.96. The maximum Gasteiger partial charge on any atom is 0.341 e. The number of esters is 1. The lowest BCUT2D eigenvalue weighted by Gasteiger charge is -2.28. The van der Waals surface area contributed by atoms with Gasteiger partial charge in [0.25, 0.3) is 0 Å². The zero-order valence-electron chi connectivity index (χ0n) is 12.3. The monoisotopic (exact) mass is 292 g/mol. The van der Waals surface area contributed by atoms with E-state index in [9.17, 15) is 9.18 Å². The van der Waals surface area contributed by atoms with E-state index in [1.165, 1.54) is 31.4 Å².